The van der Waals surface area contributed by atoms with Gasteiger partial charge in [-0.1, -0.05) is 63.2 Å². The van der Waals surface area contributed by atoms with Gasteiger partial charge in [0, 0.05) is 5.56 Å². The van der Waals surface area contributed by atoms with Gasteiger partial charge >= 0.3 is 12.2 Å². The molecule has 1 saturated heterocycles. The normalized spacial score (nSPS) is 16.4. The fourth-order valence-corrected chi connectivity index (χ4v) is 6.54. The van der Waals surface area contributed by atoms with E-state index in [1.54, 1.807) is 32.0 Å². The van der Waals surface area contributed by atoms with E-state index in [9.17, 15) is 14.4 Å². The predicted octanol–water partition coefficient (Wildman–Crippen LogP) is 8.90. The van der Waals surface area contributed by atoms with Gasteiger partial charge in [-0.3, -0.25) is 9.69 Å². The summed E-state index contributed by atoms with van der Waals surface area (Å²) in [7, 11) is -0.558. The summed E-state index contributed by atoms with van der Waals surface area (Å²) in [5.74, 6) is 0.952. The second-order valence-electron chi connectivity index (χ2n) is 16.3. The summed E-state index contributed by atoms with van der Waals surface area (Å²) in [6, 6.07) is 20.5. The lowest BCUT2D eigenvalue weighted by Gasteiger charge is -2.37. The minimum Gasteiger partial charge on any atom is -0.493 e. The van der Waals surface area contributed by atoms with E-state index in [0.29, 0.717) is 35.8 Å². The van der Waals surface area contributed by atoms with Crippen LogP contribution in [0.2, 0.25) is 18.1 Å². The van der Waals surface area contributed by atoms with Crippen LogP contribution in [0.5, 0.6) is 17.2 Å². The number of amides is 2. The summed E-state index contributed by atoms with van der Waals surface area (Å²) < 4.78 is 35.3. The Morgan fingerprint density at radius 3 is 2.19 bits per heavy atom. The van der Waals surface area contributed by atoms with Crippen LogP contribution < -0.4 is 14.8 Å². The number of ketones is 1. The van der Waals surface area contributed by atoms with Crippen LogP contribution >= 0.6 is 0 Å². The number of ether oxygens (including phenoxy) is 5. The van der Waals surface area contributed by atoms with Gasteiger partial charge in [-0.05, 0) is 101 Å². The molecule has 4 rings (SSSR count). The minimum atomic E-state index is -2.08. The summed E-state index contributed by atoms with van der Waals surface area (Å²) in [4.78, 5) is 41.3. The number of methoxy groups -OCH3 is 1. The first kappa shape index (κ1) is 41.4. The van der Waals surface area contributed by atoms with E-state index in [1.807, 2.05) is 75.4 Å². The highest BCUT2D eigenvalue weighted by molar-refractivity contribution is 6.74. The van der Waals surface area contributed by atoms with Crippen molar-refractivity contribution in [3.8, 4) is 17.2 Å². The third-order valence-electron chi connectivity index (χ3n) is 9.44. The number of benzene rings is 3. The Labute approximate surface area is 315 Å². The molecule has 0 bridgehead atoms. The fourth-order valence-electron chi connectivity index (χ4n) is 5.49. The van der Waals surface area contributed by atoms with Gasteiger partial charge in [-0.15, -0.1) is 0 Å². The zero-order chi connectivity index (χ0) is 39.2. The Balaban J connectivity index is 1.48. The van der Waals surface area contributed by atoms with E-state index in [-0.39, 0.29) is 30.1 Å². The van der Waals surface area contributed by atoms with Crippen LogP contribution in [0.1, 0.15) is 76.9 Å². The van der Waals surface area contributed by atoms with Crippen molar-refractivity contribution in [2.24, 2.45) is 0 Å². The maximum atomic E-state index is 13.9. The van der Waals surface area contributed by atoms with E-state index in [1.165, 1.54) is 12.0 Å². The minimum absolute atomic E-state index is 0.0145. The first-order chi connectivity index (χ1) is 24.7. The lowest BCUT2D eigenvalue weighted by atomic mass is 10.0. The molecule has 53 heavy (non-hydrogen) atoms. The zero-order valence-corrected chi connectivity index (χ0v) is 34.0. The number of nitrogens with one attached hydrogen (secondary N) is 1. The Bertz CT molecular complexity index is 1710. The van der Waals surface area contributed by atoms with Crippen molar-refractivity contribution in [3.05, 3.63) is 89.5 Å². The van der Waals surface area contributed by atoms with Crippen molar-refractivity contribution in [1.82, 2.24) is 10.2 Å². The first-order valence-corrected chi connectivity index (χ1v) is 20.9. The molecule has 1 N–H and O–H groups in total. The van der Waals surface area contributed by atoms with Crippen LogP contribution in [0.3, 0.4) is 0 Å². The third-order valence-corrected chi connectivity index (χ3v) is 13.9. The Kier molecular flexibility index (Phi) is 13.1. The molecule has 0 aliphatic carbocycles. The highest BCUT2D eigenvalue weighted by Gasteiger charge is 2.48. The van der Waals surface area contributed by atoms with Gasteiger partial charge in [0.25, 0.3) is 0 Å². The van der Waals surface area contributed by atoms with E-state index < -0.39 is 37.9 Å². The van der Waals surface area contributed by atoms with Crippen LogP contribution in [0.25, 0.3) is 0 Å². The molecule has 288 valence electrons. The fraction of sp³-hybridized carbons (Fsp3) is 0.488. The number of hydrogen-bond acceptors (Lipinski definition) is 9. The standard InChI is InChI=1S/C41H56N2O9Si/c1-39(2,3)52-37(45)42-31(26-50-53(10,11)40(4,5)6)23-28-17-20-32(21-18-28)51-35-24-30(19-22-34(35)47-9)36(44)33-27-49-41(7,8)43(33)38(46)48-25-29-15-13-12-14-16-29/h12-22,24,31,33H,23,25-27H2,1-11H3,(H,42,45)/t31-,33+/m0/s1. The molecule has 1 aliphatic heterocycles. The number of rotatable bonds is 13. The number of hydrogen-bond donors (Lipinski definition) is 1. The van der Waals surface area contributed by atoms with E-state index in [0.717, 1.165) is 11.1 Å². The number of carbonyl (C=O) groups is 3. The highest BCUT2D eigenvalue weighted by atomic mass is 28.4. The van der Waals surface area contributed by atoms with Crippen molar-refractivity contribution in [2.75, 3.05) is 20.3 Å². The van der Waals surface area contributed by atoms with Gasteiger partial charge in [0.2, 0.25) is 0 Å². The molecular formula is C41H56N2O9Si. The van der Waals surface area contributed by atoms with Gasteiger partial charge in [0.15, 0.2) is 25.6 Å². The van der Waals surface area contributed by atoms with Crippen LogP contribution in [0.4, 0.5) is 9.59 Å². The van der Waals surface area contributed by atoms with Crippen molar-refractivity contribution < 1.29 is 42.5 Å². The van der Waals surface area contributed by atoms with Gasteiger partial charge in [-0.2, -0.15) is 0 Å². The molecule has 0 spiro atoms. The molecule has 0 saturated carbocycles. The molecule has 3 aromatic carbocycles. The molecule has 2 atom stereocenters. The van der Waals surface area contributed by atoms with Gasteiger partial charge < -0.3 is 33.4 Å². The summed E-state index contributed by atoms with van der Waals surface area (Å²) >= 11 is 0. The molecule has 0 aromatic heterocycles. The van der Waals surface area contributed by atoms with Crippen molar-refractivity contribution in [1.29, 1.82) is 0 Å². The molecule has 1 heterocycles. The van der Waals surface area contributed by atoms with E-state index >= 15 is 0 Å². The largest absolute Gasteiger partial charge is 0.493 e. The van der Waals surface area contributed by atoms with Gasteiger partial charge in [0.1, 0.15) is 29.7 Å². The third kappa shape index (κ3) is 11.3. The molecule has 12 heteroatoms. The van der Waals surface area contributed by atoms with Crippen LogP contribution in [-0.4, -0.2) is 74.9 Å². The summed E-state index contributed by atoms with van der Waals surface area (Å²) in [5, 5.41) is 3.01. The number of alkyl carbamates (subject to hydrolysis) is 1. The monoisotopic (exact) mass is 748 g/mol. The highest BCUT2D eigenvalue weighted by Crippen LogP contribution is 2.37. The quantitative estimate of drug-likeness (QED) is 0.135. The summed E-state index contributed by atoms with van der Waals surface area (Å²) in [6.45, 7) is 20.3. The molecule has 0 unspecified atom stereocenters. The van der Waals surface area contributed by atoms with E-state index in [4.69, 9.17) is 28.1 Å². The SMILES string of the molecule is COc1ccc(C(=O)[C@H]2COC(C)(C)N2C(=O)OCc2ccccc2)cc1Oc1ccc(C[C@@H](CO[Si](C)(C)C(C)(C)C)NC(=O)OC(C)(C)C)cc1. The molecule has 11 nitrogen and oxygen atoms in total. The molecule has 1 fully saturated rings. The summed E-state index contributed by atoms with van der Waals surface area (Å²) in [6.07, 6.45) is -0.636. The molecule has 3 aromatic rings. The van der Waals surface area contributed by atoms with E-state index in [2.05, 4.69) is 39.2 Å². The van der Waals surface area contributed by atoms with Crippen molar-refractivity contribution in [3.63, 3.8) is 0 Å². The Morgan fingerprint density at radius 1 is 0.925 bits per heavy atom. The maximum Gasteiger partial charge on any atom is 0.413 e. The number of carbonyl (C=O) groups excluding carboxylic acids is 3. The van der Waals surface area contributed by atoms with Crippen LogP contribution in [0, 0.1) is 0 Å². The second kappa shape index (κ2) is 16.7. The Hall–Kier alpha value is -4.39. The second-order valence-corrected chi connectivity index (χ2v) is 21.1. The predicted molar refractivity (Wildman–Crippen MR) is 206 cm³/mol. The lowest BCUT2D eigenvalue weighted by Crippen LogP contribution is -2.50. The van der Waals surface area contributed by atoms with Crippen molar-refractivity contribution >= 4 is 26.3 Å². The zero-order valence-electron chi connectivity index (χ0n) is 33.0. The first-order valence-electron chi connectivity index (χ1n) is 18.0. The average molecular weight is 749 g/mol. The molecular weight excluding hydrogens is 693 g/mol. The Morgan fingerprint density at radius 2 is 1.58 bits per heavy atom. The number of nitrogens with zero attached hydrogens (tertiary/aromatic N) is 1. The van der Waals surface area contributed by atoms with Crippen LogP contribution in [-0.2, 0) is 31.7 Å². The summed E-state index contributed by atoms with van der Waals surface area (Å²) in [5.41, 5.74) is 0.421. The topological polar surface area (TPSA) is 122 Å². The number of Topliss-reactive ketones (excluding diaryl/α,β-unsaturated/α-hetero) is 1. The average Bonchev–Trinajstić information content (AvgIpc) is 3.40. The molecule has 0 radical (unpaired) electrons. The lowest BCUT2D eigenvalue weighted by molar-refractivity contribution is -0.0485. The van der Waals surface area contributed by atoms with Gasteiger partial charge in [0.05, 0.1) is 26.4 Å². The van der Waals surface area contributed by atoms with Crippen LogP contribution in [0.15, 0.2) is 72.8 Å². The maximum absolute atomic E-state index is 13.9. The molecule has 1 aliphatic rings. The smallest absolute Gasteiger partial charge is 0.413 e. The van der Waals surface area contributed by atoms with Crippen molar-refractivity contribution in [2.45, 2.75) is 110 Å². The molecule has 2 amide bonds. The van der Waals surface area contributed by atoms with Gasteiger partial charge in [-0.25, -0.2) is 9.59 Å².